The van der Waals surface area contributed by atoms with E-state index in [0.717, 1.165) is 38.7 Å². The van der Waals surface area contributed by atoms with Gasteiger partial charge in [0.15, 0.2) is 0 Å². The van der Waals surface area contributed by atoms with Crippen LogP contribution in [0.25, 0.3) is 0 Å². The largest absolute Gasteiger partial charge is 0.378 e. The molecule has 1 saturated heterocycles. The first-order valence-electron chi connectivity index (χ1n) is 7.50. The van der Waals surface area contributed by atoms with Crippen LogP contribution in [0.4, 0.5) is 0 Å². The fourth-order valence-corrected chi connectivity index (χ4v) is 3.01. The fourth-order valence-electron chi connectivity index (χ4n) is 3.01. The lowest BCUT2D eigenvalue weighted by Gasteiger charge is -2.22. The van der Waals surface area contributed by atoms with Gasteiger partial charge in [-0.05, 0) is 43.4 Å². The van der Waals surface area contributed by atoms with Crippen molar-refractivity contribution in [1.29, 1.82) is 0 Å². The van der Waals surface area contributed by atoms with E-state index < -0.39 is 0 Å². The minimum Gasteiger partial charge on any atom is -0.378 e. The minimum absolute atomic E-state index is 0.331. The first kappa shape index (κ1) is 15.7. The monoisotopic (exact) mass is 254 g/mol. The third-order valence-electron chi connectivity index (χ3n) is 3.54. The lowest BCUT2D eigenvalue weighted by molar-refractivity contribution is -0.120. The average molecular weight is 254 g/mol. The lowest BCUT2D eigenvalue weighted by atomic mass is 9.83. The summed E-state index contributed by atoms with van der Waals surface area (Å²) in [5.41, 5.74) is 0.331. The van der Waals surface area contributed by atoms with Gasteiger partial charge in [-0.3, -0.25) is 4.79 Å². The Balaban J connectivity index is 2.09. The molecule has 2 nitrogen and oxygen atoms in total. The number of carbonyl (C=O) groups excluding carboxylic acids is 1. The minimum atomic E-state index is 0.331. The van der Waals surface area contributed by atoms with Crippen molar-refractivity contribution in [2.75, 3.05) is 6.61 Å². The highest BCUT2D eigenvalue weighted by Crippen LogP contribution is 2.26. The van der Waals surface area contributed by atoms with Crippen molar-refractivity contribution < 1.29 is 9.53 Å². The smallest absolute Gasteiger partial charge is 0.133 e. The molecule has 0 aromatic rings. The molecule has 0 spiro atoms. The molecule has 1 rings (SSSR count). The molecule has 1 heterocycles. The molecule has 2 atom stereocenters. The number of Topliss-reactive ketones (excluding diaryl/α,β-unsaturated/α-hetero) is 1. The van der Waals surface area contributed by atoms with E-state index >= 15 is 0 Å². The molecule has 18 heavy (non-hydrogen) atoms. The van der Waals surface area contributed by atoms with Crippen molar-refractivity contribution in [1.82, 2.24) is 0 Å². The van der Waals surface area contributed by atoms with Gasteiger partial charge in [-0.25, -0.2) is 0 Å². The quantitative estimate of drug-likeness (QED) is 0.674. The molecule has 1 aliphatic heterocycles. The van der Waals surface area contributed by atoms with Crippen molar-refractivity contribution in [3.63, 3.8) is 0 Å². The maximum Gasteiger partial charge on any atom is 0.133 e. The van der Waals surface area contributed by atoms with Crippen molar-refractivity contribution in [2.45, 2.75) is 78.7 Å². The predicted molar refractivity (Wildman–Crippen MR) is 75.7 cm³/mol. The SMILES string of the molecule is CC(CC(=O)CCCC1CCCO1)CC(C)(C)C. The maximum absolute atomic E-state index is 11.9. The van der Waals surface area contributed by atoms with Crippen LogP contribution in [0.2, 0.25) is 0 Å². The summed E-state index contributed by atoms with van der Waals surface area (Å²) in [4.78, 5) is 11.9. The molecule has 0 radical (unpaired) electrons. The van der Waals surface area contributed by atoms with Gasteiger partial charge in [-0.15, -0.1) is 0 Å². The highest BCUT2D eigenvalue weighted by molar-refractivity contribution is 5.78. The predicted octanol–water partition coefficient (Wildman–Crippen LogP) is 4.37. The Kier molecular flexibility index (Phi) is 6.34. The molecule has 1 aliphatic rings. The van der Waals surface area contributed by atoms with E-state index in [9.17, 15) is 4.79 Å². The van der Waals surface area contributed by atoms with Gasteiger partial charge in [-0.1, -0.05) is 27.7 Å². The number of hydrogen-bond acceptors (Lipinski definition) is 2. The number of carbonyl (C=O) groups is 1. The molecular weight excluding hydrogens is 224 g/mol. The summed E-state index contributed by atoms with van der Waals surface area (Å²) >= 11 is 0. The second kappa shape index (κ2) is 7.28. The zero-order chi connectivity index (χ0) is 13.6. The van der Waals surface area contributed by atoms with Crippen LogP contribution in [-0.2, 0) is 9.53 Å². The van der Waals surface area contributed by atoms with E-state index in [1.165, 1.54) is 12.8 Å². The number of ketones is 1. The fraction of sp³-hybridized carbons (Fsp3) is 0.938. The van der Waals surface area contributed by atoms with Crippen LogP contribution in [0, 0.1) is 11.3 Å². The highest BCUT2D eigenvalue weighted by Gasteiger charge is 2.19. The molecule has 0 aromatic heterocycles. The first-order valence-corrected chi connectivity index (χ1v) is 7.50. The summed E-state index contributed by atoms with van der Waals surface area (Å²) in [5.74, 6) is 0.949. The van der Waals surface area contributed by atoms with E-state index in [1.54, 1.807) is 0 Å². The van der Waals surface area contributed by atoms with Crippen molar-refractivity contribution in [3.05, 3.63) is 0 Å². The van der Waals surface area contributed by atoms with Crippen molar-refractivity contribution in [3.8, 4) is 0 Å². The van der Waals surface area contributed by atoms with Crippen LogP contribution in [-0.4, -0.2) is 18.5 Å². The second-order valence-electron chi connectivity index (χ2n) is 7.14. The van der Waals surface area contributed by atoms with Gasteiger partial charge < -0.3 is 4.74 Å². The molecule has 0 saturated carbocycles. The van der Waals surface area contributed by atoms with Crippen molar-refractivity contribution in [2.24, 2.45) is 11.3 Å². The molecule has 1 fully saturated rings. The van der Waals surface area contributed by atoms with Crippen LogP contribution in [0.15, 0.2) is 0 Å². The van der Waals surface area contributed by atoms with Gasteiger partial charge in [0.05, 0.1) is 6.10 Å². The second-order valence-corrected chi connectivity index (χ2v) is 7.14. The van der Waals surface area contributed by atoms with Crippen LogP contribution >= 0.6 is 0 Å². The maximum atomic E-state index is 11.9. The number of ether oxygens (including phenoxy) is 1. The average Bonchev–Trinajstić information content (AvgIpc) is 2.66. The molecular formula is C16H30O2. The standard InChI is InChI=1S/C16H30O2/c1-13(12-16(2,3)4)11-14(17)7-5-8-15-9-6-10-18-15/h13,15H,5-12H2,1-4H3. The van der Waals surface area contributed by atoms with E-state index in [4.69, 9.17) is 4.74 Å². The van der Waals surface area contributed by atoms with E-state index in [1.807, 2.05) is 0 Å². The Labute approximate surface area is 112 Å². The molecule has 2 unspecified atom stereocenters. The van der Waals surface area contributed by atoms with E-state index in [0.29, 0.717) is 23.2 Å². The lowest BCUT2D eigenvalue weighted by Crippen LogP contribution is -2.14. The van der Waals surface area contributed by atoms with E-state index in [-0.39, 0.29) is 0 Å². The summed E-state index contributed by atoms with van der Waals surface area (Å²) in [6.07, 6.45) is 7.52. The summed E-state index contributed by atoms with van der Waals surface area (Å²) in [7, 11) is 0. The summed E-state index contributed by atoms with van der Waals surface area (Å²) in [6, 6.07) is 0. The molecule has 0 bridgehead atoms. The Bertz CT molecular complexity index is 246. The Hall–Kier alpha value is -0.370. The molecule has 0 amide bonds. The van der Waals surface area contributed by atoms with Gasteiger partial charge in [0.25, 0.3) is 0 Å². The van der Waals surface area contributed by atoms with Crippen molar-refractivity contribution >= 4 is 5.78 Å². The number of hydrogen-bond donors (Lipinski definition) is 0. The molecule has 2 heteroatoms. The van der Waals surface area contributed by atoms with Crippen LogP contribution in [0.5, 0.6) is 0 Å². The Morgan fingerprint density at radius 1 is 1.39 bits per heavy atom. The summed E-state index contributed by atoms with van der Waals surface area (Å²) in [6.45, 7) is 9.84. The summed E-state index contributed by atoms with van der Waals surface area (Å²) in [5, 5.41) is 0. The zero-order valence-corrected chi connectivity index (χ0v) is 12.6. The molecule has 0 aliphatic carbocycles. The van der Waals surface area contributed by atoms with Crippen LogP contribution in [0.3, 0.4) is 0 Å². The Morgan fingerprint density at radius 3 is 2.67 bits per heavy atom. The van der Waals surface area contributed by atoms with Gasteiger partial charge in [0.1, 0.15) is 5.78 Å². The zero-order valence-electron chi connectivity index (χ0n) is 12.6. The molecule has 106 valence electrons. The van der Waals surface area contributed by atoms with Gasteiger partial charge in [0, 0.05) is 19.4 Å². The summed E-state index contributed by atoms with van der Waals surface area (Å²) < 4.78 is 5.57. The van der Waals surface area contributed by atoms with Gasteiger partial charge in [-0.2, -0.15) is 0 Å². The van der Waals surface area contributed by atoms with E-state index in [2.05, 4.69) is 27.7 Å². The van der Waals surface area contributed by atoms with Gasteiger partial charge >= 0.3 is 0 Å². The Morgan fingerprint density at radius 2 is 2.11 bits per heavy atom. The third-order valence-corrected chi connectivity index (χ3v) is 3.54. The van der Waals surface area contributed by atoms with Crippen LogP contribution in [0.1, 0.15) is 72.6 Å². The molecule has 0 N–H and O–H groups in total. The normalized spacial score (nSPS) is 22.1. The topological polar surface area (TPSA) is 26.3 Å². The first-order chi connectivity index (χ1) is 8.37. The highest BCUT2D eigenvalue weighted by atomic mass is 16.5. The number of rotatable bonds is 7. The molecule has 0 aromatic carbocycles. The third kappa shape index (κ3) is 7.15. The van der Waals surface area contributed by atoms with Crippen LogP contribution < -0.4 is 0 Å². The van der Waals surface area contributed by atoms with Gasteiger partial charge in [0.2, 0.25) is 0 Å².